The molecule has 5 nitrogen and oxygen atoms in total. The standard InChI is InChI=1S/C15H18N2O3/c18-8-10-6-11(10)9-19-12-2-3-13-14(7-12)20-15(16-13)17-4-1-5-17/h2-3,7,10-11,18H,1,4-6,8-9H2/t10-,11+/m0/s1. The van der Waals surface area contributed by atoms with E-state index in [2.05, 4.69) is 9.88 Å². The molecule has 0 spiro atoms. The van der Waals surface area contributed by atoms with E-state index in [0.29, 0.717) is 24.5 Å². The second kappa shape index (κ2) is 4.66. The molecule has 1 aliphatic heterocycles. The van der Waals surface area contributed by atoms with E-state index in [1.165, 1.54) is 6.42 Å². The summed E-state index contributed by atoms with van der Waals surface area (Å²) in [6, 6.07) is 6.49. The van der Waals surface area contributed by atoms with Gasteiger partial charge in [-0.2, -0.15) is 4.98 Å². The largest absolute Gasteiger partial charge is 0.493 e. The first-order valence-electron chi connectivity index (χ1n) is 7.22. The maximum atomic E-state index is 9.02. The van der Waals surface area contributed by atoms with E-state index in [1.54, 1.807) is 0 Å². The van der Waals surface area contributed by atoms with Crippen molar-refractivity contribution in [1.29, 1.82) is 0 Å². The normalized spacial score (nSPS) is 24.8. The third kappa shape index (κ3) is 2.12. The minimum Gasteiger partial charge on any atom is -0.493 e. The number of hydrogen-bond acceptors (Lipinski definition) is 5. The first kappa shape index (κ1) is 12.0. The fraction of sp³-hybridized carbons (Fsp3) is 0.533. The molecule has 1 aromatic carbocycles. The van der Waals surface area contributed by atoms with Crippen LogP contribution in [0.1, 0.15) is 12.8 Å². The number of anilines is 1. The molecule has 1 N–H and O–H groups in total. The topological polar surface area (TPSA) is 58.7 Å². The van der Waals surface area contributed by atoms with Crippen molar-refractivity contribution in [3.63, 3.8) is 0 Å². The highest BCUT2D eigenvalue weighted by atomic mass is 16.5. The number of rotatable bonds is 5. The highest BCUT2D eigenvalue weighted by molar-refractivity contribution is 5.76. The van der Waals surface area contributed by atoms with Crippen LogP contribution in [0.5, 0.6) is 5.75 Å². The molecule has 1 aliphatic carbocycles. The lowest BCUT2D eigenvalue weighted by Crippen LogP contribution is -2.37. The van der Waals surface area contributed by atoms with Gasteiger partial charge in [0, 0.05) is 25.8 Å². The van der Waals surface area contributed by atoms with Gasteiger partial charge < -0.3 is 19.2 Å². The third-order valence-electron chi connectivity index (χ3n) is 4.24. The lowest BCUT2D eigenvalue weighted by atomic mass is 10.2. The van der Waals surface area contributed by atoms with Crippen LogP contribution in [-0.4, -0.2) is 36.4 Å². The maximum absolute atomic E-state index is 9.02. The monoisotopic (exact) mass is 274 g/mol. The van der Waals surface area contributed by atoms with Gasteiger partial charge in [-0.25, -0.2) is 0 Å². The highest BCUT2D eigenvalue weighted by Gasteiger charge is 2.36. The summed E-state index contributed by atoms with van der Waals surface area (Å²) >= 11 is 0. The van der Waals surface area contributed by atoms with Crippen LogP contribution in [0.15, 0.2) is 22.6 Å². The molecule has 0 bridgehead atoms. The molecule has 1 aromatic heterocycles. The van der Waals surface area contributed by atoms with Crippen molar-refractivity contribution in [3.8, 4) is 5.75 Å². The van der Waals surface area contributed by atoms with Gasteiger partial charge in [-0.3, -0.25) is 0 Å². The Hall–Kier alpha value is -1.75. The Kier molecular flexibility index (Phi) is 2.80. The molecule has 20 heavy (non-hydrogen) atoms. The molecule has 0 unspecified atom stereocenters. The number of hydrogen-bond donors (Lipinski definition) is 1. The predicted octanol–water partition coefficient (Wildman–Crippen LogP) is 2.05. The van der Waals surface area contributed by atoms with Gasteiger partial charge in [0.25, 0.3) is 6.01 Å². The molecule has 2 heterocycles. The fourth-order valence-corrected chi connectivity index (χ4v) is 2.57. The van der Waals surface area contributed by atoms with E-state index < -0.39 is 0 Å². The number of nitrogens with zero attached hydrogens (tertiary/aromatic N) is 2. The summed E-state index contributed by atoms with van der Waals surface area (Å²) in [6.07, 6.45) is 2.28. The van der Waals surface area contributed by atoms with Crippen LogP contribution in [0.4, 0.5) is 6.01 Å². The molecule has 2 atom stereocenters. The number of aliphatic hydroxyl groups excluding tert-OH is 1. The summed E-state index contributed by atoms with van der Waals surface area (Å²) in [5.41, 5.74) is 1.65. The molecule has 1 saturated carbocycles. The first-order valence-corrected chi connectivity index (χ1v) is 7.22. The van der Waals surface area contributed by atoms with E-state index in [1.807, 2.05) is 18.2 Å². The number of ether oxygens (including phenoxy) is 1. The molecule has 106 valence electrons. The number of benzene rings is 1. The quantitative estimate of drug-likeness (QED) is 0.904. The average Bonchev–Trinajstić information content (AvgIpc) is 3.04. The van der Waals surface area contributed by atoms with Crippen molar-refractivity contribution in [2.75, 3.05) is 31.2 Å². The van der Waals surface area contributed by atoms with E-state index in [9.17, 15) is 0 Å². The molecule has 2 fully saturated rings. The second-order valence-electron chi connectivity index (χ2n) is 5.72. The molecule has 2 aromatic rings. The zero-order chi connectivity index (χ0) is 13.5. The minimum absolute atomic E-state index is 0.272. The lowest BCUT2D eigenvalue weighted by molar-refractivity contribution is 0.243. The van der Waals surface area contributed by atoms with Gasteiger partial charge in [-0.1, -0.05) is 0 Å². The van der Waals surface area contributed by atoms with Crippen molar-refractivity contribution in [2.24, 2.45) is 11.8 Å². The zero-order valence-electron chi connectivity index (χ0n) is 11.3. The number of oxazole rings is 1. The van der Waals surface area contributed by atoms with Gasteiger partial charge in [-0.05, 0) is 36.8 Å². The molecule has 1 saturated heterocycles. The number of aliphatic hydroxyl groups is 1. The van der Waals surface area contributed by atoms with Crippen molar-refractivity contribution in [1.82, 2.24) is 4.98 Å². The fourth-order valence-electron chi connectivity index (χ4n) is 2.57. The molecular formula is C15H18N2O3. The van der Waals surface area contributed by atoms with E-state index in [4.69, 9.17) is 14.3 Å². The second-order valence-corrected chi connectivity index (χ2v) is 5.72. The Morgan fingerprint density at radius 3 is 2.95 bits per heavy atom. The summed E-state index contributed by atoms with van der Waals surface area (Å²) in [7, 11) is 0. The molecular weight excluding hydrogens is 256 g/mol. The Morgan fingerprint density at radius 1 is 1.35 bits per heavy atom. The van der Waals surface area contributed by atoms with Crippen LogP contribution in [-0.2, 0) is 0 Å². The first-order chi connectivity index (χ1) is 9.83. The molecule has 2 aliphatic rings. The van der Waals surface area contributed by atoms with Gasteiger partial charge >= 0.3 is 0 Å². The Morgan fingerprint density at radius 2 is 2.25 bits per heavy atom. The van der Waals surface area contributed by atoms with Crippen LogP contribution < -0.4 is 9.64 Å². The minimum atomic E-state index is 0.272. The van der Waals surface area contributed by atoms with E-state index in [-0.39, 0.29) is 6.61 Å². The number of fused-ring (bicyclic) bond motifs is 1. The predicted molar refractivity (Wildman–Crippen MR) is 75.0 cm³/mol. The maximum Gasteiger partial charge on any atom is 0.298 e. The number of aromatic nitrogens is 1. The molecule has 5 heteroatoms. The summed E-state index contributed by atoms with van der Waals surface area (Å²) in [4.78, 5) is 6.61. The van der Waals surface area contributed by atoms with Crippen molar-refractivity contribution < 1.29 is 14.3 Å². The van der Waals surface area contributed by atoms with Crippen LogP contribution in [0.3, 0.4) is 0 Å². The average molecular weight is 274 g/mol. The molecule has 0 radical (unpaired) electrons. The van der Waals surface area contributed by atoms with Crippen molar-refractivity contribution in [2.45, 2.75) is 12.8 Å². The van der Waals surface area contributed by atoms with Crippen LogP contribution in [0, 0.1) is 11.8 Å². The summed E-state index contributed by atoms with van der Waals surface area (Å²) in [6.45, 7) is 3.00. The lowest BCUT2D eigenvalue weighted by Gasteiger charge is -2.28. The summed E-state index contributed by atoms with van der Waals surface area (Å²) in [5, 5.41) is 9.02. The van der Waals surface area contributed by atoms with E-state index >= 15 is 0 Å². The van der Waals surface area contributed by atoms with E-state index in [0.717, 1.165) is 36.4 Å². The Balaban J connectivity index is 1.47. The van der Waals surface area contributed by atoms with Crippen molar-refractivity contribution >= 4 is 17.1 Å². The third-order valence-corrected chi connectivity index (χ3v) is 4.24. The van der Waals surface area contributed by atoms with Gasteiger partial charge in [-0.15, -0.1) is 0 Å². The van der Waals surface area contributed by atoms with Gasteiger partial charge in [0.1, 0.15) is 11.3 Å². The molecule has 4 rings (SSSR count). The highest BCUT2D eigenvalue weighted by Crippen LogP contribution is 2.38. The van der Waals surface area contributed by atoms with Crippen molar-refractivity contribution in [3.05, 3.63) is 18.2 Å². The van der Waals surface area contributed by atoms with Gasteiger partial charge in [0.05, 0.1) is 6.61 Å². The smallest absolute Gasteiger partial charge is 0.298 e. The summed E-state index contributed by atoms with van der Waals surface area (Å²) < 4.78 is 11.5. The van der Waals surface area contributed by atoms with Gasteiger partial charge in [0.2, 0.25) is 0 Å². The zero-order valence-corrected chi connectivity index (χ0v) is 11.3. The van der Waals surface area contributed by atoms with Crippen LogP contribution >= 0.6 is 0 Å². The SMILES string of the molecule is OC[C@@H]1C[C@@H]1COc1ccc2nc(N3CCC3)oc2c1. The Labute approximate surface area is 117 Å². The van der Waals surface area contributed by atoms with Gasteiger partial charge in [0.15, 0.2) is 5.58 Å². The summed E-state index contributed by atoms with van der Waals surface area (Å²) in [5.74, 6) is 1.75. The van der Waals surface area contributed by atoms with Crippen LogP contribution in [0.25, 0.3) is 11.1 Å². The van der Waals surface area contributed by atoms with Crippen LogP contribution in [0.2, 0.25) is 0 Å². The Bertz CT molecular complexity index is 621. The molecule has 0 amide bonds.